The predicted molar refractivity (Wildman–Crippen MR) is 91.4 cm³/mol. The maximum atomic E-state index is 12.7. The van der Waals surface area contributed by atoms with Gasteiger partial charge >= 0.3 is 18.2 Å². The molecule has 0 fully saturated rings. The minimum Gasteiger partial charge on any atom is -0.329 e. The summed E-state index contributed by atoms with van der Waals surface area (Å²) < 4.78 is 81.3. The van der Waals surface area contributed by atoms with Gasteiger partial charge in [0.05, 0.1) is 11.1 Å². The Kier molecular flexibility index (Phi) is 4.40. The summed E-state index contributed by atoms with van der Waals surface area (Å²) in [4.78, 5) is 16.0. The average molecular weight is 425 g/mol. The fourth-order valence-electron chi connectivity index (χ4n) is 2.86. The highest BCUT2D eigenvalue weighted by molar-refractivity contribution is 6.02. The van der Waals surface area contributed by atoms with E-state index in [1.807, 2.05) is 0 Å². The molecule has 0 spiro atoms. The molecule has 5 nitrogen and oxygen atoms in total. The highest BCUT2D eigenvalue weighted by Crippen LogP contribution is 2.31. The Morgan fingerprint density at radius 1 is 0.900 bits per heavy atom. The molecule has 0 aliphatic heterocycles. The van der Waals surface area contributed by atoms with Gasteiger partial charge in [-0.25, -0.2) is 0 Å². The van der Waals surface area contributed by atoms with Gasteiger partial charge in [0.2, 0.25) is 5.82 Å². The number of hydrogen-bond acceptors (Lipinski definition) is 4. The second kappa shape index (κ2) is 6.71. The molecule has 2 heterocycles. The molecule has 4 rings (SSSR count). The average Bonchev–Trinajstić information content (AvgIpc) is 3.33. The zero-order chi connectivity index (χ0) is 21.7. The third kappa shape index (κ3) is 3.53. The quantitative estimate of drug-likeness (QED) is 0.403. The number of aromatic nitrogens is 3. The van der Waals surface area contributed by atoms with Crippen LogP contribution in [0.3, 0.4) is 0 Å². The zero-order valence-electron chi connectivity index (χ0n) is 14.6. The van der Waals surface area contributed by atoms with Gasteiger partial charge in [-0.05, 0) is 48.5 Å². The van der Waals surface area contributed by atoms with Gasteiger partial charge in [0.25, 0.3) is 5.91 Å². The van der Waals surface area contributed by atoms with Gasteiger partial charge in [0.15, 0.2) is 0 Å². The van der Waals surface area contributed by atoms with Gasteiger partial charge in [0.1, 0.15) is 0 Å². The SMILES string of the molecule is O=C(c1ccc(C(F)(F)F)cc1)n1ccc2cc(-c3noc(C(F)(F)F)n3)ccc21. The molecule has 0 saturated carbocycles. The van der Waals surface area contributed by atoms with Gasteiger partial charge in [0, 0.05) is 22.7 Å². The van der Waals surface area contributed by atoms with Crippen LogP contribution in [0, 0.1) is 0 Å². The number of carbonyl (C=O) groups excluding carboxylic acids is 1. The number of carbonyl (C=O) groups is 1. The molecule has 0 N–H and O–H groups in total. The van der Waals surface area contributed by atoms with Crippen molar-refractivity contribution in [3.8, 4) is 11.4 Å². The molecule has 0 saturated heterocycles. The highest BCUT2D eigenvalue weighted by Gasteiger charge is 2.38. The molecule has 0 aliphatic carbocycles. The van der Waals surface area contributed by atoms with E-state index in [4.69, 9.17) is 0 Å². The van der Waals surface area contributed by atoms with Gasteiger partial charge in [-0.1, -0.05) is 5.16 Å². The maximum Gasteiger partial charge on any atom is 0.471 e. The Hall–Kier alpha value is -3.63. The molecule has 0 atom stereocenters. The first kappa shape index (κ1) is 19.7. The third-order valence-electron chi connectivity index (χ3n) is 4.29. The van der Waals surface area contributed by atoms with E-state index in [-0.39, 0.29) is 17.0 Å². The van der Waals surface area contributed by atoms with Crippen LogP contribution in [-0.2, 0) is 12.4 Å². The summed E-state index contributed by atoms with van der Waals surface area (Å²) >= 11 is 0. The molecule has 2 aromatic carbocycles. The van der Waals surface area contributed by atoms with Crippen LogP contribution in [0.15, 0.2) is 59.3 Å². The normalized spacial score (nSPS) is 12.5. The summed E-state index contributed by atoms with van der Waals surface area (Å²) in [7, 11) is 0. The lowest BCUT2D eigenvalue weighted by Gasteiger charge is -2.08. The van der Waals surface area contributed by atoms with E-state index in [9.17, 15) is 31.1 Å². The monoisotopic (exact) mass is 425 g/mol. The van der Waals surface area contributed by atoms with E-state index in [0.717, 1.165) is 24.3 Å². The largest absolute Gasteiger partial charge is 0.471 e. The minimum atomic E-state index is -4.77. The van der Waals surface area contributed by atoms with E-state index in [1.165, 1.54) is 35.0 Å². The number of rotatable bonds is 2. The first-order chi connectivity index (χ1) is 14.0. The first-order valence-corrected chi connectivity index (χ1v) is 8.28. The fourth-order valence-corrected chi connectivity index (χ4v) is 2.86. The standard InChI is InChI=1S/C19H9F6N3O2/c20-18(21,22)13-4-1-10(2-5-13)16(29)28-8-7-11-9-12(3-6-14(11)28)15-26-17(30-27-15)19(23,24)25/h1-9H. The van der Waals surface area contributed by atoms with Gasteiger partial charge < -0.3 is 4.52 Å². The summed E-state index contributed by atoms with van der Waals surface area (Å²) in [5, 5.41) is 3.80. The van der Waals surface area contributed by atoms with Crippen molar-refractivity contribution in [2.75, 3.05) is 0 Å². The van der Waals surface area contributed by atoms with Crippen molar-refractivity contribution >= 4 is 16.8 Å². The number of benzene rings is 2. The molecule has 0 radical (unpaired) electrons. The number of alkyl halides is 6. The summed E-state index contributed by atoms with van der Waals surface area (Å²) in [5.74, 6) is -2.32. The van der Waals surface area contributed by atoms with Crippen molar-refractivity contribution in [3.05, 3.63) is 71.7 Å². The molecule has 4 aromatic rings. The molecular weight excluding hydrogens is 416 g/mol. The van der Waals surface area contributed by atoms with Crippen LogP contribution in [0.1, 0.15) is 21.8 Å². The van der Waals surface area contributed by atoms with Crippen molar-refractivity contribution in [1.29, 1.82) is 0 Å². The molecule has 154 valence electrons. The molecule has 2 aromatic heterocycles. The summed E-state index contributed by atoms with van der Waals surface area (Å²) in [6.07, 6.45) is -7.88. The van der Waals surface area contributed by atoms with Crippen molar-refractivity contribution in [1.82, 2.24) is 14.7 Å². The van der Waals surface area contributed by atoms with Crippen molar-refractivity contribution in [3.63, 3.8) is 0 Å². The van der Waals surface area contributed by atoms with Crippen LogP contribution in [-0.4, -0.2) is 20.6 Å². The van der Waals surface area contributed by atoms with Crippen LogP contribution >= 0.6 is 0 Å². The second-order valence-corrected chi connectivity index (χ2v) is 6.26. The molecule has 0 aliphatic rings. The molecular formula is C19H9F6N3O2. The molecule has 0 bridgehead atoms. The van der Waals surface area contributed by atoms with Crippen LogP contribution in [0.2, 0.25) is 0 Å². The van der Waals surface area contributed by atoms with E-state index >= 15 is 0 Å². The molecule has 0 amide bonds. The number of hydrogen-bond donors (Lipinski definition) is 0. The first-order valence-electron chi connectivity index (χ1n) is 8.28. The summed E-state index contributed by atoms with van der Waals surface area (Å²) in [6, 6.07) is 9.65. The smallest absolute Gasteiger partial charge is 0.329 e. The van der Waals surface area contributed by atoms with Crippen molar-refractivity contribution < 1.29 is 35.7 Å². The zero-order valence-corrected chi connectivity index (χ0v) is 14.6. The second-order valence-electron chi connectivity index (χ2n) is 6.26. The Balaban J connectivity index is 1.65. The topological polar surface area (TPSA) is 60.9 Å². The van der Waals surface area contributed by atoms with Crippen molar-refractivity contribution in [2.24, 2.45) is 0 Å². The van der Waals surface area contributed by atoms with E-state index in [0.29, 0.717) is 10.9 Å². The lowest BCUT2D eigenvalue weighted by atomic mass is 10.1. The van der Waals surface area contributed by atoms with Crippen molar-refractivity contribution in [2.45, 2.75) is 12.4 Å². The highest BCUT2D eigenvalue weighted by atomic mass is 19.4. The number of halogens is 6. The molecule has 0 unspecified atom stereocenters. The van der Waals surface area contributed by atoms with E-state index < -0.39 is 29.7 Å². The van der Waals surface area contributed by atoms with Crippen LogP contribution in [0.25, 0.3) is 22.3 Å². The predicted octanol–water partition coefficient (Wildman–Crippen LogP) is 5.42. The minimum absolute atomic E-state index is 0.0394. The summed E-state index contributed by atoms with van der Waals surface area (Å²) in [5.41, 5.74) is -0.193. The third-order valence-corrected chi connectivity index (χ3v) is 4.29. The lowest BCUT2D eigenvalue weighted by Crippen LogP contribution is -2.11. The fraction of sp³-hybridized carbons (Fsp3) is 0.105. The van der Waals surface area contributed by atoms with Crippen LogP contribution in [0.4, 0.5) is 26.3 Å². The van der Waals surface area contributed by atoms with E-state index in [1.54, 1.807) is 0 Å². The Morgan fingerprint density at radius 3 is 2.20 bits per heavy atom. The van der Waals surface area contributed by atoms with Gasteiger partial charge in [-0.2, -0.15) is 31.3 Å². The Morgan fingerprint density at radius 2 is 1.60 bits per heavy atom. The lowest BCUT2D eigenvalue weighted by molar-refractivity contribution is -0.159. The van der Waals surface area contributed by atoms with Gasteiger partial charge in [-0.3, -0.25) is 9.36 Å². The van der Waals surface area contributed by atoms with E-state index in [2.05, 4.69) is 14.7 Å². The van der Waals surface area contributed by atoms with Crippen LogP contribution < -0.4 is 0 Å². The molecule has 11 heteroatoms. The summed E-state index contributed by atoms with van der Waals surface area (Å²) in [6.45, 7) is 0. The maximum absolute atomic E-state index is 12.7. The molecule has 30 heavy (non-hydrogen) atoms. The Bertz CT molecular complexity index is 1240. The number of nitrogens with zero attached hydrogens (tertiary/aromatic N) is 3. The van der Waals surface area contributed by atoms with Crippen LogP contribution in [0.5, 0.6) is 0 Å². The Labute approximate surface area is 163 Å². The number of fused-ring (bicyclic) bond motifs is 1. The van der Waals surface area contributed by atoms with Gasteiger partial charge in [-0.15, -0.1) is 0 Å².